The van der Waals surface area contributed by atoms with Crippen LogP contribution in [0.15, 0.2) is 78.9 Å². The molecule has 0 unspecified atom stereocenters. The lowest BCUT2D eigenvalue weighted by Gasteiger charge is -2.36. The smallest absolute Gasteiger partial charge is 0.255 e. The van der Waals surface area contributed by atoms with E-state index in [1.807, 2.05) is 71.0 Å². The molecule has 5 nitrogen and oxygen atoms in total. The average molecular weight is 504 g/mol. The van der Waals surface area contributed by atoms with E-state index in [9.17, 15) is 9.18 Å². The minimum Gasteiger partial charge on any atom is -0.497 e. The molecule has 2 heterocycles. The fourth-order valence-electron chi connectivity index (χ4n) is 4.75. The molecule has 1 aliphatic rings. The van der Waals surface area contributed by atoms with E-state index >= 15 is 0 Å². The molecule has 0 aliphatic carbocycles. The van der Waals surface area contributed by atoms with E-state index in [0.717, 1.165) is 47.2 Å². The molecule has 4 aromatic rings. The minimum absolute atomic E-state index is 0.0109. The maximum atomic E-state index is 13.7. The summed E-state index contributed by atoms with van der Waals surface area (Å²) in [5.74, 6) is 0.408. The summed E-state index contributed by atoms with van der Waals surface area (Å²) in [5, 5.41) is 0.703. The second kappa shape index (κ2) is 10.1. The number of amides is 1. The van der Waals surface area contributed by atoms with Gasteiger partial charge >= 0.3 is 0 Å². The van der Waals surface area contributed by atoms with E-state index < -0.39 is 0 Å². The summed E-state index contributed by atoms with van der Waals surface area (Å²) in [4.78, 5) is 17.9. The van der Waals surface area contributed by atoms with Crippen molar-refractivity contribution in [3.05, 3.63) is 101 Å². The fraction of sp³-hybridized carbons (Fsp3) is 0.207. The van der Waals surface area contributed by atoms with Crippen LogP contribution >= 0.6 is 11.6 Å². The van der Waals surface area contributed by atoms with Crippen molar-refractivity contribution in [3.8, 4) is 22.7 Å². The molecular weight excluding hydrogens is 477 g/mol. The molecule has 0 N–H and O–H groups in total. The summed E-state index contributed by atoms with van der Waals surface area (Å²) < 4.78 is 21.1. The van der Waals surface area contributed by atoms with Gasteiger partial charge < -0.3 is 19.1 Å². The number of aromatic nitrogens is 1. The molecule has 0 atom stereocenters. The maximum absolute atomic E-state index is 13.7. The zero-order valence-corrected chi connectivity index (χ0v) is 21.0. The Morgan fingerprint density at radius 2 is 1.61 bits per heavy atom. The van der Waals surface area contributed by atoms with Crippen LogP contribution in [0.1, 0.15) is 16.1 Å². The predicted molar refractivity (Wildman–Crippen MR) is 142 cm³/mol. The van der Waals surface area contributed by atoms with Gasteiger partial charge in [-0.3, -0.25) is 4.79 Å². The Kier molecular flexibility index (Phi) is 6.70. The SMILES string of the molecule is COc1cccc(-c2cc(C(=O)N3CCN(c4cccc(Cl)c4)CC3)c(C)n2-c2ccc(F)cc2)c1. The number of rotatable bonds is 5. The van der Waals surface area contributed by atoms with Crippen molar-refractivity contribution in [3.63, 3.8) is 0 Å². The molecule has 0 radical (unpaired) electrons. The van der Waals surface area contributed by atoms with Gasteiger partial charge in [0.25, 0.3) is 5.91 Å². The summed E-state index contributed by atoms with van der Waals surface area (Å²) >= 11 is 6.16. The lowest BCUT2D eigenvalue weighted by atomic mass is 10.1. The van der Waals surface area contributed by atoms with Gasteiger partial charge in [0.2, 0.25) is 0 Å². The molecule has 3 aromatic carbocycles. The second-order valence-corrected chi connectivity index (χ2v) is 9.27. The number of nitrogens with zero attached hydrogens (tertiary/aromatic N) is 3. The second-order valence-electron chi connectivity index (χ2n) is 8.83. The lowest BCUT2D eigenvalue weighted by Crippen LogP contribution is -2.48. The topological polar surface area (TPSA) is 37.7 Å². The van der Waals surface area contributed by atoms with Crippen molar-refractivity contribution in [2.75, 3.05) is 38.2 Å². The van der Waals surface area contributed by atoms with Gasteiger partial charge in [0.15, 0.2) is 0 Å². The minimum atomic E-state index is -0.305. The lowest BCUT2D eigenvalue weighted by molar-refractivity contribution is 0.0746. The molecular formula is C29H27ClFN3O2. The van der Waals surface area contributed by atoms with Crippen LogP contribution in [0.3, 0.4) is 0 Å². The van der Waals surface area contributed by atoms with Gasteiger partial charge in [0.05, 0.1) is 18.4 Å². The molecule has 1 aliphatic heterocycles. The standard InChI is InChI=1S/C29H27ClFN3O2/c1-20-27(29(35)33-15-13-32(14-16-33)25-7-4-6-22(30)18-25)19-28(21-5-3-8-26(17-21)36-2)34(20)24-11-9-23(31)10-12-24/h3-12,17-19H,13-16H2,1-2H3. The van der Waals surface area contributed by atoms with Crippen LogP contribution in [0.25, 0.3) is 16.9 Å². The molecule has 0 saturated carbocycles. The molecule has 184 valence electrons. The van der Waals surface area contributed by atoms with Crippen LogP contribution < -0.4 is 9.64 Å². The maximum Gasteiger partial charge on any atom is 0.255 e. The van der Waals surface area contributed by atoms with Gasteiger partial charge in [-0.1, -0.05) is 29.8 Å². The van der Waals surface area contributed by atoms with Gasteiger partial charge in [0.1, 0.15) is 11.6 Å². The molecule has 0 spiro atoms. The largest absolute Gasteiger partial charge is 0.497 e. The summed E-state index contributed by atoms with van der Waals surface area (Å²) in [6.45, 7) is 4.61. The summed E-state index contributed by atoms with van der Waals surface area (Å²) in [6, 6.07) is 23.8. The zero-order valence-electron chi connectivity index (χ0n) is 20.2. The van der Waals surface area contributed by atoms with Crippen LogP contribution in [-0.4, -0.2) is 48.7 Å². The number of benzene rings is 3. The summed E-state index contributed by atoms with van der Waals surface area (Å²) in [5.41, 5.74) is 5.05. The Bertz CT molecular complexity index is 1390. The number of carbonyl (C=O) groups excluding carboxylic acids is 1. The predicted octanol–water partition coefficient (Wildman–Crippen LogP) is 6.22. The Balaban J connectivity index is 1.47. The van der Waals surface area contributed by atoms with Gasteiger partial charge in [-0.2, -0.15) is 0 Å². The molecule has 0 bridgehead atoms. The number of hydrogen-bond acceptors (Lipinski definition) is 3. The van der Waals surface area contributed by atoms with Crippen LogP contribution in [0.5, 0.6) is 5.75 Å². The van der Waals surface area contributed by atoms with E-state index in [1.165, 1.54) is 12.1 Å². The third-order valence-electron chi connectivity index (χ3n) is 6.67. The average Bonchev–Trinajstić information content (AvgIpc) is 3.26. The van der Waals surface area contributed by atoms with Gasteiger partial charge in [-0.15, -0.1) is 0 Å². The Hall–Kier alpha value is -3.77. The highest BCUT2D eigenvalue weighted by molar-refractivity contribution is 6.30. The highest BCUT2D eigenvalue weighted by Crippen LogP contribution is 2.32. The van der Waals surface area contributed by atoms with Crippen LogP contribution in [0, 0.1) is 12.7 Å². The Morgan fingerprint density at radius 3 is 2.31 bits per heavy atom. The van der Waals surface area contributed by atoms with E-state index in [4.69, 9.17) is 16.3 Å². The van der Waals surface area contributed by atoms with Crippen molar-refractivity contribution in [1.82, 2.24) is 9.47 Å². The van der Waals surface area contributed by atoms with E-state index in [0.29, 0.717) is 23.7 Å². The zero-order chi connectivity index (χ0) is 25.2. The van der Waals surface area contributed by atoms with Crippen LogP contribution in [-0.2, 0) is 0 Å². The molecule has 5 rings (SSSR count). The Morgan fingerprint density at radius 1 is 0.889 bits per heavy atom. The number of methoxy groups -OCH3 is 1. The number of ether oxygens (including phenoxy) is 1. The molecule has 1 amide bonds. The first-order chi connectivity index (χ1) is 17.4. The molecule has 1 fully saturated rings. The van der Waals surface area contributed by atoms with Crippen molar-refractivity contribution >= 4 is 23.2 Å². The Labute approximate surface area is 215 Å². The number of halogens is 2. The van der Waals surface area contributed by atoms with Crippen molar-refractivity contribution < 1.29 is 13.9 Å². The highest BCUT2D eigenvalue weighted by atomic mass is 35.5. The summed E-state index contributed by atoms with van der Waals surface area (Å²) in [7, 11) is 1.63. The number of carbonyl (C=O) groups is 1. The third kappa shape index (κ3) is 4.69. The van der Waals surface area contributed by atoms with E-state index in [-0.39, 0.29) is 11.7 Å². The van der Waals surface area contributed by atoms with E-state index in [2.05, 4.69) is 4.90 Å². The van der Waals surface area contributed by atoms with Crippen LogP contribution in [0.2, 0.25) is 5.02 Å². The van der Waals surface area contributed by atoms with Crippen molar-refractivity contribution in [2.24, 2.45) is 0 Å². The molecule has 7 heteroatoms. The first-order valence-electron chi connectivity index (χ1n) is 11.9. The fourth-order valence-corrected chi connectivity index (χ4v) is 4.94. The van der Waals surface area contributed by atoms with Gasteiger partial charge in [0, 0.05) is 53.8 Å². The molecule has 36 heavy (non-hydrogen) atoms. The van der Waals surface area contributed by atoms with E-state index in [1.54, 1.807) is 19.2 Å². The van der Waals surface area contributed by atoms with Crippen molar-refractivity contribution in [1.29, 1.82) is 0 Å². The van der Waals surface area contributed by atoms with Crippen LogP contribution in [0.4, 0.5) is 10.1 Å². The normalized spacial score (nSPS) is 13.7. The quantitative estimate of drug-likeness (QED) is 0.324. The van der Waals surface area contributed by atoms with Gasteiger partial charge in [-0.25, -0.2) is 4.39 Å². The molecule has 1 aromatic heterocycles. The van der Waals surface area contributed by atoms with Crippen molar-refractivity contribution in [2.45, 2.75) is 6.92 Å². The first kappa shape index (κ1) is 23.9. The summed E-state index contributed by atoms with van der Waals surface area (Å²) in [6.07, 6.45) is 0. The highest BCUT2D eigenvalue weighted by Gasteiger charge is 2.27. The first-order valence-corrected chi connectivity index (χ1v) is 12.2. The van der Waals surface area contributed by atoms with Gasteiger partial charge in [-0.05, 0) is 67.6 Å². The monoisotopic (exact) mass is 503 g/mol. The molecule has 1 saturated heterocycles. The third-order valence-corrected chi connectivity index (χ3v) is 6.90. The number of hydrogen-bond donors (Lipinski definition) is 0. The number of piperazine rings is 1. The number of anilines is 1.